The molecule has 1 saturated carbocycles. The molecule has 1 aromatic carbocycles. The fourth-order valence-corrected chi connectivity index (χ4v) is 5.37. The van der Waals surface area contributed by atoms with Crippen molar-refractivity contribution < 1.29 is 14.3 Å². The van der Waals surface area contributed by atoms with Crippen molar-refractivity contribution in [3.05, 3.63) is 23.8 Å². The first-order valence-corrected chi connectivity index (χ1v) is 12.9. The van der Waals surface area contributed by atoms with Crippen molar-refractivity contribution in [2.45, 2.75) is 83.0 Å². The highest BCUT2D eigenvalue weighted by Gasteiger charge is 2.30. The van der Waals surface area contributed by atoms with Gasteiger partial charge in [-0.05, 0) is 50.3 Å². The second-order valence-corrected chi connectivity index (χ2v) is 9.78. The van der Waals surface area contributed by atoms with E-state index in [1.807, 2.05) is 35.0 Å². The molecule has 2 N–H and O–H groups in total. The molecule has 0 bridgehead atoms. The number of ether oxygens (including phenoxy) is 1. The number of carbonyl (C=O) groups excluding carboxylic acids is 2. The van der Waals surface area contributed by atoms with Crippen LogP contribution in [0.25, 0.3) is 0 Å². The summed E-state index contributed by atoms with van der Waals surface area (Å²) in [4.78, 5) is 35.1. The quantitative estimate of drug-likeness (QED) is 0.440. The summed E-state index contributed by atoms with van der Waals surface area (Å²) in [5.74, 6) is 1.34. The average Bonchev–Trinajstić information content (AvgIpc) is 2.88. The molecule has 0 aromatic heterocycles. The van der Waals surface area contributed by atoms with Gasteiger partial charge < -0.3 is 20.3 Å². The molecule has 1 atom stereocenters. The fraction of sp³-hybridized carbons (Fsp3) is 0.654. The van der Waals surface area contributed by atoms with E-state index >= 15 is 0 Å². The van der Waals surface area contributed by atoms with Gasteiger partial charge in [0, 0.05) is 38.2 Å². The summed E-state index contributed by atoms with van der Waals surface area (Å²) in [6.07, 6.45) is 11.2. The maximum absolute atomic E-state index is 12.5. The highest BCUT2D eigenvalue weighted by molar-refractivity contribution is 5.86. The van der Waals surface area contributed by atoms with Gasteiger partial charge in [0.05, 0.1) is 18.8 Å². The molecular weight excluding hydrogens is 430 g/mol. The van der Waals surface area contributed by atoms with Crippen LogP contribution < -0.4 is 10.5 Å². The van der Waals surface area contributed by atoms with Crippen LogP contribution in [-0.4, -0.2) is 71.8 Å². The number of amides is 1. The molecule has 3 aliphatic rings. The number of likely N-dealkylation sites (tertiary alicyclic amines) is 1. The van der Waals surface area contributed by atoms with Crippen molar-refractivity contribution in [3.63, 3.8) is 0 Å². The van der Waals surface area contributed by atoms with Crippen LogP contribution in [0.15, 0.2) is 23.2 Å². The Bertz CT molecular complexity index is 877. The predicted octanol–water partition coefficient (Wildman–Crippen LogP) is 3.41. The first kappa shape index (κ1) is 24.5. The number of aliphatic imine (C=N–C) groups is 1. The van der Waals surface area contributed by atoms with Gasteiger partial charge in [-0.2, -0.15) is 0 Å². The fourth-order valence-electron chi connectivity index (χ4n) is 5.37. The van der Waals surface area contributed by atoms with E-state index in [1.165, 1.54) is 25.7 Å². The number of fused-ring (bicyclic) bond motifs is 1. The normalized spacial score (nSPS) is 20.3. The lowest BCUT2D eigenvalue weighted by Crippen LogP contribution is -2.55. The van der Waals surface area contributed by atoms with Gasteiger partial charge in [-0.3, -0.25) is 14.5 Å². The van der Waals surface area contributed by atoms with Gasteiger partial charge in [0.1, 0.15) is 11.9 Å². The largest absolute Gasteiger partial charge is 0.494 e. The Morgan fingerprint density at radius 2 is 1.94 bits per heavy atom. The molecular formula is C26H39N5O3. The summed E-state index contributed by atoms with van der Waals surface area (Å²) < 4.78 is 5.96. The summed E-state index contributed by atoms with van der Waals surface area (Å²) in [6, 6.07) is 6.18. The Morgan fingerprint density at radius 3 is 2.68 bits per heavy atom. The first-order valence-electron chi connectivity index (χ1n) is 12.9. The van der Waals surface area contributed by atoms with Crippen molar-refractivity contribution in [1.82, 2.24) is 14.7 Å². The van der Waals surface area contributed by atoms with E-state index in [1.54, 1.807) is 0 Å². The lowest BCUT2D eigenvalue weighted by atomic mass is 9.94. The number of carbonyl (C=O) groups is 2. The SMILES string of the molecule is CN(C(=O)CCCOc1ccc2c(c1)CN(C(C=O)N1CCCCC1)C(N)=N2)C1CCCCC1. The molecule has 8 heteroatoms. The van der Waals surface area contributed by atoms with Gasteiger partial charge >= 0.3 is 0 Å². The van der Waals surface area contributed by atoms with Gasteiger partial charge in [0.15, 0.2) is 12.2 Å². The molecule has 0 radical (unpaired) electrons. The third kappa shape index (κ3) is 5.90. The highest BCUT2D eigenvalue weighted by atomic mass is 16.5. The Labute approximate surface area is 203 Å². The van der Waals surface area contributed by atoms with Crippen LogP contribution in [0.1, 0.15) is 69.8 Å². The summed E-state index contributed by atoms with van der Waals surface area (Å²) >= 11 is 0. The van der Waals surface area contributed by atoms with Crippen molar-refractivity contribution in [2.75, 3.05) is 26.7 Å². The Hall–Kier alpha value is -2.61. The van der Waals surface area contributed by atoms with E-state index in [-0.39, 0.29) is 5.91 Å². The third-order valence-corrected chi connectivity index (χ3v) is 7.45. The molecule has 0 spiro atoms. The van der Waals surface area contributed by atoms with E-state index in [2.05, 4.69) is 9.89 Å². The topological polar surface area (TPSA) is 91.5 Å². The highest BCUT2D eigenvalue weighted by Crippen LogP contribution is 2.31. The molecule has 1 aliphatic carbocycles. The number of benzene rings is 1. The monoisotopic (exact) mass is 469 g/mol. The predicted molar refractivity (Wildman–Crippen MR) is 133 cm³/mol. The number of guanidine groups is 1. The van der Waals surface area contributed by atoms with E-state index < -0.39 is 6.17 Å². The number of aldehydes is 1. The summed E-state index contributed by atoms with van der Waals surface area (Å²) in [5.41, 5.74) is 8.05. The zero-order valence-corrected chi connectivity index (χ0v) is 20.5. The molecule has 186 valence electrons. The molecule has 8 nitrogen and oxygen atoms in total. The molecule has 1 unspecified atom stereocenters. The second-order valence-electron chi connectivity index (χ2n) is 9.78. The van der Waals surface area contributed by atoms with E-state index in [0.29, 0.717) is 38.0 Å². The Kier molecular flexibility index (Phi) is 8.43. The van der Waals surface area contributed by atoms with Crippen LogP contribution in [0, 0.1) is 0 Å². The van der Waals surface area contributed by atoms with Gasteiger partial charge in [-0.15, -0.1) is 0 Å². The minimum atomic E-state index is -0.394. The van der Waals surface area contributed by atoms with Crippen LogP contribution in [0.5, 0.6) is 5.75 Å². The van der Waals surface area contributed by atoms with Gasteiger partial charge in [0.2, 0.25) is 5.91 Å². The van der Waals surface area contributed by atoms with Crippen LogP contribution in [-0.2, 0) is 16.1 Å². The van der Waals surface area contributed by atoms with E-state index in [4.69, 9.17) is 10.5 Å². The number of piperidine rings is 1. The number of nitrogens with two attached hydrogens (primary N) is 1. The summed E-state index contributed by atoms with van der Waals surface area (Å²) in [6.45, 7) is 2.81. The molecule has 4 rings (SSSR count). The van der Waals surface area contributed by atoms with Crippen LogP contribution in [0.4, 0.5) is 5.69 Å². The third-order valence-electron chi connectivity index (χ3n) is 7.45. The average molecular weight is 470 g/mol. The summed E-state index contributed by atoms with van der Waals surface area (Å²) in [5, 5.41) is 0. The smallest absolute Gasteiger partial charge is 0.222 e. The number of nitrogens with zero attached hydrogens (tertiary/aromatic N) is 4. The molecule has 1 saturated heterocycles. The minimum absolute atomic E-state index is 0.207. The van der Waals surface area contributed by atoms with Crippen LogP contribution >= 0.6 is 0 Å². The summed E-state index contributed by atoms with van der Waals surface area (Å²) in [7, 11) is 1.94. The van der Waals surface area contributed by atoms with Crippen molar-refractivity contribution in [1.29, 1.82) is 0 Å². The van der Waals surface area contributed by atoms with Crippen LogP contribution in [0.3, 0.4) is 0 Å². The Balaban J connectivity index is 1.30. The maximum Gasteiger partial charge on any atom is 0.222 e. The molecule has 1 aromatic rings. The molecule has 2 fully saturated rings. The Morgan fingerprint density at radius 1 is 1.21 bits per heavy atom. The lowest BCUT2D eigenvalue weighted by molar-refractivity contribution is -0.132. The minimum Gasteiger partial charge on any atom is -0.494 e. The van der Waals surface area contributed by atoms with Gasteiger partial charge in [-0.1, -0.05) is 25.7 Å². The molecule has 34 heavy (non-hydrogen) atoms. The van der Waals surface area contributed by atoms with Gasteiger partial charge in [0.25, 0.3) is 0 Å². The second kappa shape index (κ2) is 11.7. The molecule has 2 heterocycles. The zero-order chi connectivity index (χ0) is 23.9. The van der Waals surface area contributed by atoms with Crippen molar-refractivity contribution in [2.24, 2.45) is 10.7 Å². The molecule has 1 amide bonds. The lowest BCUT2D eigenvalue weighted by Gasteiger charge is -2.40. The zero-order valence-electron chi connectivity index (χ0n) is 20.5. The number of hydrogen-bond donors (Lipinski definition) is 1. The number of hydrogen-bond acceptors (Lipinski definition) is 7. The molecule has 2 aliphatic heterocycles. The first-order chi connectivity index (χ1) is 16.6. The van der Waals surface area contributed by atoms with Gasteiger partial charge in [-0.25, -0.2) is 4.99 Å². The van der Waals surface area contributed by atoms with Crippen molar-refractivity contribution >= 4 is 23.8 Å². The standard InChI is InChI=1S/C26H39N5O3/c1-29(21-9-4-2-5-10-21)25(33)11-8-16-34-22-12-13-23-20(17-22)18-31(26(27)28-23)24(19-32)30-14-6-3-7-15-30/h12-13,17,19,21,24H,2-11,14-16,18H2,1H3,(H2,27,28). The van der Waals surface area contributed by atoms with E-state index in [9.17, 15) is 9.59 Å². The number of rotatable bonds is 9. The van der Waals surface area contributed by atoms with Crippen LogP contribution in [0.2, 0.25) is 0 Å². The maximum atomic E-state index is 12.5. The van der Waals surface area contributed by atoms with Crippen molar-refractivity contribution in [3.8, 4) is 5.75 Å². The van der Waals surface area contributed by atoms with E-state index in [0.717, 1.165) is 62.1 Å².